The molecule has 0 atom stereocenters. The molecule has 0 radical (unpaired) electrons. The Morgan fingerprint density at radius 2 is 1.86 bits per heavy atom. The number of fused-ring (bicyclic) bond motifs is 1. The van der Waals surface area contributed by atoms with Crippen LogP contribution in [-0.2, 0) is 4.79 Å². The lowest BCUT2D eigenvalue weighted by Crippen LogP contribution is -2.48. The summed E-state index contributed by atoms with van der Waals surface area (Å²) in [6.07, 6.45) is 3.38. The summed E-state index contributed by atoms with van der Waals surface area (Å²) in [6.45, 7) is 6.17. The van der Waals surface area contributed by atoms with E-state index in [1.54, 1.807) is 18.2 Å². The van der Waals surface area contributed by atoms with Crippen molar-refractivity contribution in [2.45, 2.75) is 6.92 Å². The highest BCUT2D eigenvalue weighted by Gasteiger charge is 2.20. The van der Waals surface area contributed by atoms with E-state index in [1.807, 2.05) is 11.0 Å². The third-order valence-corrected chi connectivity index (χ3v) is 5.28. The van der Waals surface area contributed by atoms with Gasteiger partial charge in [0.05, 0.1) is 5.02 Å². The van der Waals surface area contributed by atoms with Gasteiger partial charge in [-0.05, 0) is 48.4 Å². The summed E-state index contributed by atoms with van der Waals surface area (Å²) < 4.78 is 11.1. The first-order chi connectivity index (χ1) is 13.6. The van der Waals surface area contributed by atoms with Crippen molar-refractivity contribution < 1.29 is 14.3 Å². The Bertz CT molecular complexity index is 905. The largest absolute Gasteiger partial charge is 0.486 e. The molecule has 0 aliphatic carbocycles. The highest BCUT2D eigenvalue weighted by molar-refractivity contribution is 6.32. The van der Waals surface area contributed by atoms with Crippen LogP contribution in [0.15, 0.2) is 42.5 Å². The summed E-state index contributed by atoms with van der Waals surface area (Å²) in [5.41, 5.74) is 3.28. The molecule has 5 nitrogen and oxygen atoms in total. The number of halogens is 1. The molecule has 2 aliphatic rings. The monoisotopic (exact) mass is 398 g/mol. The van der Waals surface area contributed by atoms with Crippen LogP contribution >= 0.6 is 11.6 Å². The standard InChI is InChI=1S/C22H23ClN2O3/c1-16-3-2-4-18(13-16)24-7-9-25(10-8-24)21(26)6-5-17-14-19(23)22-20(15-17)27-11-12-28-22/h2-6,13-15H,7-12H2,1H3/b6-5+. The van der Waals surface area contributed by atoms with Crippen LogP contribution < -0.4 is 14.4 Å². The van der Waals surface area contributed by atoms with E-state index in [1.165, 1.54) is 11.3 Å². The second-order valence-electron chi connectivity index (χ2n) is 7.01. The van der Waals surface area contributed by atoms with Crippen LogP contribution in [0.2, 0.25) is 5.02 Å². The maximum absolute atomic E-state index is 12.6. The minimum Gasteiger partial charge on any atom is -0.486 e. The smallest absolute Gasteiger partial charge is 0.246 e. The fraction of sp³-hybridized carbons (Fsp3) is 0.318. The Morgan fingerprint density at radius 1 is 1.07 bits per heavy atom. The van der Waals surface area contributed by atoms with Gasteiger partial charge in [0, 0.05) is 37.9 Å². The number of piperazine rings is 1. The molecule has 2 aromatic rings. The number of ether oxygens (including phenoxy) is 2. The molecule has 0 N–H and O–H groups in total. The fourth-order valence-corrected chi connectivity index (χ4v) is 3.78. The molecule has 0 unspecified atom stereocenters. The summed E-state index contributed by atoms with van der Waals surface area (Å²) in [4.78, 5) is 16.8. The predicted molar refractivity (Wildman–Crippen MR) is 111 cm³/mol. The lowest BCUT2D eigenvalue weighted by atomic mass is 10.1. The first-order valence-corrected chi connectivity index (χ1v) is 9.86. The minimum atomic E-state index is 0.00917. The maximum Gasteiger partial charge on any atom is 0.246 e. The number of nitrogens with zero attached hydrogens (tertiary/aromatic N) is 2. The Balaban J connectivity index is 1.38. The van der Waals surface area contributed by atoms with Gasteiger partial charge >= 0.3 is 0 Å². The zero-order valence-electron chi connectivity index (χ0n) is 15.9. The molecule has 0 aromatic heterocycles. The topological polar surface area (TPSA) is 42.0 Å². The number of hydrogen-bond donors (Lipinski definition) is 0. The number of rotatable bonds is 3. The van der Waals surface area contributed by atoms with Crippen molar-refractivity contribution in [3.8, 4) is 11.5 Å². The average Bonchev–Trinajstić information content (AvgIpc) is 2.72. The first kappa shape index (κ1) is 18.7. The highest BCUT2D eigenvalue weighted by Crippen LogP contribution is 2.38. The van der Waals surface area contributed by atoms with E-state index in [4.69, 9.17) is 21.1 Å². The van der Waals surface area contributed by atoms with Gasteiger partial charge in [0.25, 0.3) is 0 Å². The van der Waals surface area contributed by atoms with E-state index < -0.39 is 0 Å². The Morgan fingerprint density at radius 3 is 2.64 bits per heavy atom. The third kappa shape index (κ3) is 4.09. The van der Waals surface area contributed by atoms with Crippen LogP contribution in [0.4, 0.5) is 5.69 Å². The summed E-state index contributed by atoms with van der Waals surface area (Å²) in [7, 11) is 0. The molecule has 6 heteroatoms. The van der Waals surface area contributed by atoms with Crippen LogP contribution in [0, 0.1) is 6.92 Å². The summed E-state index contributed by atoms with van der Waals surface area (Å²) in [6, 6.07) is 12.1. The normalized spacial score (nSPS) is 16.5. The van der Waals surface area contributed by atoms with Crippen molar-refractivity contribution in [2.75, 3.05) is 44.3 Å². The van der Waals surface area contributed by atoms with Crippen LogP contribution in [0.3, 0.4) is 0 Å². The van der Waals surface area contributed by atoms with Crippen LogP contribution in [0.25, 0.3) is 6.08 Å². The Hall–Kier alpha value is -2.66. The van der Waals surface area contributed by atoms with Gasteiger partial charge in [-0.1, -0.05) is 23.7 Å². The van der Waals surface area contributed by atoms with E-state index in [2.05, 4.69) is 36.1 Å². The van der Waals surface area contributed by atoms with Crippen LogP contribution in [0.5, 0.6) is 11.5 Å². The Kier molecular flexibility index (Phi) is 5.44. The quantitative estimate of drug-likeness (QED) is 0.738. The molecule has 1 fully saturated rings. The van der Waals surface area contributed by atoms with Gasteiger partial charge in [0.15, 0.2) is 11.5 Å². The maximum atomic E-state index is 12.6. The number of hydrogen-bond acceptors (Lipinski definition) is 4. The molecule has 0 spiro atoms. The lowest BCUT2D eigenvalue weighted by molar-refractivity contribution is -0.126. The number of amides is 1. The minimum absolute atomic E-state index is 0.00917. The number of aryl methyl sites for hydroxylation is 1. The van der Waals surface area contributed by atoms with Gasteiger partial charge in [0.2, 0.25) is 5.91 Å². The molecular formula is C22H23ClN2O3. The van der Waals surface area contributed by atoms with Gasteiger partial charge in [-0.2, -0.15) is 0 Å². The Labute approximate surface area is 170 Å². The van der Waals surface area contributed by atoms with Gasteiger partial charge < -0.3 is 19.3 Å². The second-order valence-corrected chi connectivity index (χ2v) is 7.42. The van der Waals surface area contributed by atoms with E-state index in [0.29, 0.717) is 42.8 Å². The third-order valence-electron chi connectivity index (χ3n) is 5.00. The zero-order chi connectivity index (χ0) is 19.5. The molecule has 0 saturated carbocycles. The van der Waals surface area contributed by atoms with Gasteiger partial charge in [-0.15, -0.1) is 0 Å². The van der Waals surface area contributed by atoms with Crippen molar-refractivity contribution in [1.29, 1.82) is 0 Å². The van der Waals surface area contributed by atoms with Gasteiger partial charge in [0.1, 0.15) is 13.2 Å². The molecule has 2 aromatic carbocycles. The zero-order valence-corrected chi connectivity index (χ0v) is 16.6. The summed E-state index contributed by atoms with van der Waals surface area (Å²) >= 11 is 6.26. The molecule has 4 rings (SSSR count). The fourth-order valence-electron chi connectivity index (χ4n) is 3.51. The predicted octanol–water partition coefficient (Wildman–Crippen LogP) is 3.78. The molecule has 1 saturated heterocycles. The van der Waals surface area contributed by atoms with Gasteiger partial charge in [-0.25, -0.2) is 0 Å². The number of carbonyl (C=O) groups is 1. The van der Waals surface area contributed by atoms with Crippen LogP contribution in [-0.4, -0.2) is 50.2 Å². The number of benzene rings is 2. The van der Waals surface area contributed by atoms with Crippen molar-refractivity contribution >= 4 is 29.3 Å². The molecule has 1 amide bonds. The number of anilines is 1. The van der Waals surface area contributed by atoms with Crippen molar-refractivity contribution in [2.24, 2.45) is 0 Å². The molecular weight excluding hydrogens is 376 g/mol. The number of carbonyl (C=O) groups excluding carboxylic acids is 1. The summed E-state index contributed by atoms with van der Waals surface area (Å²) in [5.74, 6) is 1.20. The van der Waals surface area contributed by atoms with E-state index in [9.17, 15) is 4.79 Å². The molecule has 146 valence electrons. The molecule has 0 bridgehead atoms. The van der Waals surface area contributed by atoms with E-state index in [0.717, 1.165) is 18.7 Å². The first-order valence-electron chi connectivity index (χ1n) is 9.48. The van der Waals surface area contributed by atoms with Crippen molar-refractivity contribution in [1.82, 2.24) is 4.90 Å². The van der Waals surface area contributed by atoms with Gasteiger partial charge in [-0.3, -0.25) is 4.79 Å². The molecule has 2 heterocycles. The van der Waals surface area contributed by atoms with Crippen molar-refractivity contribution in [3.63, 3.8) is 0 Å². The summed E-state index contributed by atoms with van der Waals surface area (Å²) in [5, 5.41) is 0.496. The molecule has 28 heavy (non-hydrogen) atoms. The van der Waals surface area contributed by atoms with E-state index in [-0.39, 0.29) is 5.91 Å². The average molecular weight is 399 g/mol. The van der Waals surface area contributed by atoms with E-state index >= 15 is 0 Å². The SMILES string of the molecule is Cc1cccc(N2CCN(C(=O)/C=C/c3cc(Cl)c4c(c3)OCCO4)CC2)c1. The van der Waals surface area contributed by atoms with Crippen LogP contribution in [0.1, 0.15) is 11.1 Å². The van der Waals surface area contributed by atoms with Crippen molar-refractivity contribution in [3.05, 3.63) is 58.6 Å². The lowest BCUT2D eigenvalue weighted by Gasteiger charge is -2.35. The highest BCUT2D eigenvalue weighted by atomic mass is 35.5. The second kappa shape index (κ2) is 8.15. The molecule has 2 aliphatic heterocycles.